The third kappa shape index (κ3) is 3.47. The van der Waals surface area contributed by atoms with Gasteiger partial charge in [-0.15, -0.1) is 11.8 Å². The third-order valence-corrected chi connectivity index (χ3v) is 11.3. The number of fused-ring (bicyclic) bond motifs is 5. The lowest BCUT2D eigenvalue weighted by Crippen LogP contribution is -2.56. The van der Waals surface area contributed by atoms with Crippen molar-refractivity contribution >= 4 is 0 Å². The molecule has 4 rings (SSSR count). The van der Waals surface area contributed by atoms with Crippen LogP contribution in [0.25, 0.3) is 0 Å². The van der Waals surface area contributed by atoms with Gasteiger partial charge < -0.3 is 10.2 Å². The highest BCUT2D eigenvalue weighted by Gasteiger charge is 2.61. The van der Waals surface area contributed by atoms with Crippen LogP contribution in [0.1, 0.15) is 105 Å². The van der Waals surface area contributed by atoms with Crippen molar-refractivity contribution in [3.8, 4) is 11.8 Å². The minimum absolute atomic E-state index is 0.283. The topological polar surface area (TPSA) is 40.5 Å². The summed E-state index contributed by atoms with van der Waals surface area (Å²) in [6.45, 7) is 11.5. The molecule has 0 radical (unpaired) electrons. The van der Waals surface area contributed by atoms with Crippen molar-refractivity contribution in [3.63, 3.8) is 0 Å². The Balaban J connectivity index is 1.52. The Hall–Kier alpha value is -0.520. The first-order chi connectivity index (χ1) is 14.2. The van der Waals surface area contributed by atoms with Gasteiger partial charge in [0.2, 0.25) is 0 Å². The molecule has 4 fully saturated rings. The Bertz CT molecular complexity index is 690. The predicted octanol–water partition coefficient (Wildman–Crippen LogP) is 6.20. The minimum atomic E-state index is -0.397. The lowest BCUT2D eigenvalue weighted by atomic mass is 9.43. The zero-order valence-electron chi connectivity index (χ0n) is 20.2. The fourth-order valence-corrected chi connectivity index (χ4v) is 9.21. The highest BCUT2D eigenvalue weighted by Crippen LogP contribution is 2.69. The van der Waals surface area contributed by atoms with Crippen molar-refractivity contribution in [2.45, 2.75) is 117 Å². The molecule has 0 aromatic heterocycles. The number of hydrogen-bond donors (Lipinski definition) is 2. The monoisotopic (exact) mass is 414 g/mol. The lowest BCUT2D eigenvalue weighted by molar-refractivity contribution is -0.154. The van der Waals surface area contributed by atoms with Crippen LogP contribution < -0.4 is 0 Å². The lowest BCUT2D eigenvalue weighted by Gasteiger charge is -2.62. The molecule has 170 valence electrons. The minimum Gasteiger partial charge on any atom is -0.392 e. The fourth-order valence-electron chi connectivity index (χ4n) is 9.21. The second kappa shape index (κ2) is 8.12. The van der Waals surface area contributed by atoms with E-state index in [1.807, 2.05) is 6.92 Å². The van der Waals surface area contributed by atoms with Crippen LogP contribution >= 0.6 is 0 Å². The van der Waals surface area contributed by atoms with Gasteiger partial charge in [0.05, 0.1) is 11.7 Å². The Kier molecular flexibility index (Phi) is 6.13. The van der Waals surface area contributed by atoms with Crippen molar-refractivity contribution in [1.82, 2.24) is 0 Å². The van der Waals surface area contributed by atoms with Gasteiger partial charge in [-0.1, -0.05) is 27.7 Å². The van der Waals surface area contributed by atoms with Gasteiger partial charge in [0.1, 0.15) is 0 Å². The molecule has 0 aliphatic heterocycles. The van der Waals surface area contributed by atoms with Crippen LogP contribution in [0.4, 0.5) is 0 Å². The maximum Gasteiger partial charge on any atom is 0.0677 e. The highest BCUT2D eigenvalue weighted by molar-refractivity contribution is 5.11. The van der Waals surface area contributed by atoms with E-state index in [0.717, 1.165) is 37.0 Å². The summed E-state index contributed by atoms with van der Waals surface area (Å²) in [6, 6.07) is 0. The Labute approximate surface area is 185 Å². The first-order valence-electron chi connectivity index (χ1n) is 13.0. The second-order valence-electron chi connectivity index (χ2n) is 12.2. The van der Waals surface area contributed by atoms with Gasteiger partial charge >= 0.3 is 0 Å². The van der Waals surface area contributed by atoms with Crippen LogP contribution in [-0.4, -0.2) is 21.9 Å². The average molecular weight is 415 g/mol. The molecule has 30 heavy (non-hydrogen) atoms. The van der Waals surface area contributed by atoms with Gasteiger partial charge in [-0.05, 0) is 117 Å². The predicted molar refractivity (Wildman–Crippen MR) is 124 cm³/mol. The summed E-state index contributed by atoms with van der Waals surface area (Å²) in [6.07, 6.45) is 12.6. The molecular weight excluding hydrogens is 368 g/mol. The largest absolute Gasteiger partial charge is 0.392 e. The Morgan fingerprint density at radius 1 is 0.967 bits per heavy atom. The first-order valence-corrected chi connectivity index (χ1v) is 13.0. The summed E-state index contributed by atoms with van der Waals surface area (Å²) in [5.74, 6) is 10.3. The molecule has 0 aromatic rings. The summed E-state index contributed by atoms with van der Waals surface area (Å²) in [7, 11) is 0. The normalized spacial score (nSPS) is 49.8. The van der Waals surface area contributed by atoms with Gasteiger partial charge in [0.15, 0.2) is 0 Å². The molecule has 0 amide bonds. The van der Waals surface area contributed by atoms with Crippen LogP contribution in [0.5, 0.6) is 0 Å². The zero-order chi connectivity index (χ0) is 21.7. The molecule has 0 heterocycles. The van der Waals surface area contributed by atoms with Crippen LogP contribution in [0, 0.1) is 58.2 Å². The van der Waals surface area contributed by atoms with E-state index in [-0.39, 0.29) is 6.10 Å². The Morgan fingerprint density at radius 3 is 2.40 bits per heavy atom. The number of rotatable bonds is 4. The van der Waals surface area contributed by atoms with E-state index in [0.29, 0.717) is 35.0 Å². The summed E-state index contributed by atoms with van der Waals surface area (Å²) in [4.78, 5) is 0. The average Bonchev–Trinajstić information content (AvgIpc) is 3.09. The number of aliphatic hydroxyl groups excluding tert-OH is 1. The molecule has 0 bridgehead atoms. The summed E-state index contributed by atoms with van der Waals surface area (Å²) in [5, 5.41) is 21.8. The maximum absolute atomic E-state index is 11.0. The Morgan fingerprint density at radius 2 is 1.70 bits per heavy atom. The standard InChI is InChI=1S/C28H46O2/c1-6-8-9-25(29)19(3)22-12-13-23-21-11-10-20-18-28(30,7-2)17-16-26(20,4)24(21)14-15-27(22,23)5/h19-25,29-30H,7,9-18H2,1-5H3/t19?,20-,21-,22+,23-,24-,25?,26-,27+,28-/m0/s1. The smallest absolute Gasteiger partial charge is 0.0677 e. The highest BCUT2D eigenvalue weighted by atomic mass is 16.3. The molecule has 4 aliphatic rings. The van der Waals surface area contributed by atoms with Crippen LogP contribution in [-0.2, 0) is 0 Å². The SMILES string of the molecule is CC#CCC(O)C(C)[C@H]1CC[C@H]2[C@@H]3CC[C@H]4C[C@](O)(CC)CC[C@]4(C)[C@H]3CC[C@]12C. The molecule has 4 saturated carbocycles. The summed E-state index contributed by atoms with van der Waals surface area (Å²) < 4.78 is 0. The van der Waals surface area contributed by atoms with Crippen LogP contribution in [0.3, 0.4) is 0 Å². The summed E-state index contributed by atoms with van der Waals surface area (Å²) in [5.41, 5.74) is 0.431. The number of aliphatic hydroxyl groups is 2. The van der Waals surface area contributed by atoms with Gasteiger partial charge in [-0.2, -0.15) is 0 Å². The van der Waals surface area contributed by atoms with E-state index in [4.69, 9.17) is 0 Å². The van der Waals surface area contributed by atoms with Crippen LogP contribution in [0.2, 0.25) is 0 Å². The number of hydrogen-bond acceptors (Lipinski definition) is 2. The van der Waals surface area contributed by atoms with Crippen molar-refractivity contribution in [2.24, 2.45) is 46.3 Å². The first kappa shape index (κ1) is 22.7. The maximum atomic E-state index is 11.0. The van der Waals surface area contributed by atoms with Gasteiger partial charge in [0, 0.05) is 6.42 Å². The molecule has 2 unspecified atom stereocenters. The fraction of sp³-hybridized carbons (Fsp3) is 0.929. The van der Waals surface area contributed by atoms with Gasteiger partial charge in [-0.3, -0.25) is 0 Å². The molecule has 4 aliphatic carbocycles. The van der Waals surface area contributed by atoms with E-state index >= 15 is 0 Å². The summed E-state index contributed by atoms with van der Waals surface area (Å²) >= 11 is 0. The molecule has 2 heteroatoms. The van der Waals surface area contributed by atoms with Crippen LogP contribution in [0.15, 0.2) is 0 Å². The van der Waals surface area contributed by atoms with E-state index in [1.165, 1.54) is 44.9 Å². The van der Waals surface area contributed by atoms with Crippen molar-refractivity contribution in [3.05, 3.63) is 0 Å². The van der Waals surface area contributed by atoms with Crippen molar-refractivity contribution < 1.29 is 10.2 Å². The molecule has 0 saturated heterocycles. The van der Waals surface area contributed by atoms with Gasteiger partial charge in [0.25, 0.3) is 0 Å². The molecular formula is C28H46O2. The molecule has 0 spiro atoms. The van der Waals surface area contributed by atoms with E-state index in [2.05, 4.69) is 39.5 Å². The molecule has 0 aromatic carbocycles. The second-order valence-corrected chi connectivity index (χ2v) is 12.2. The van der Waals surface area contributed by atoms with E-state index in [1.54, 1.807) is 0 Å². The third-order valence-electron chi connectivity index (χ3n) is 11.3. The zero-order valence-corrected chi connectivity index (χ0v) is 20.2. The quantitative estimate of drug-likeness (QED) is 0.538. The van der Waals surface area contributed by atoms with Gasteiger partial charge in [-0.25, -0.2) is 0 Å². The van der Waals surface area contributed by atoms with E-state index < -0.39 is 5.60 Å². The molecule has 2 nitrogen and oxygen atoms in total. The molecule has 10 atom stereocenters. The van der Waals surface area contributed by atoms with Crippen molar-refractivity contribution in [2.75, 3.05) is 0 Å². The van der Waals surface area contributed by atoms with Crippen molar-refractivity contribution in [1.29, 1.82) is 0 Å². The molecule has 2 N–H and O–H groups in total. The van der Waals surface area contributed by atoms with E-state index in [9.17, 15) is 10.2 Å².